The number of rotatable bonds is 2. The summed E-state index contributed by atoms with van der Waals surface area (Å²) in [6, 6.07) is 4.12. The van der Waals surface area contributed by atoms with Gasteiger partial charge in [0.1, 0.15) is 17.0 Å². The average Bonchev–Trinajstić information content (AvgIpc) is 3.27. The van der Waals surface area contributed by atoms with Gasteiger partial charge in [-0.3, -0.25) is 14.4 Å². The van der Waals surface area contributed by atoms with Gasteiger partial charge in [0.25, 0.3) is 17.4 Å². The van der Waals surface area contributed by atoms with Crippen LogP contribution in [0.1, 0.15) is 74.0 Å². The lowest BCUT2D eigenvalue weighted by atomic mass is 10.1. The van der Waals surface area contributed by atoms with Gasteiger partial charge in [-0.15, -0.1) is 0 Å². The molecule has 0 spiro atoms. The molecule has 4 heterocycles. The maximum absolute atomic E-state index is 14.0. The molecule has 3 aromatic rings. The first kappa shape index (κ1) is 29.7. The summed E-state index contributed by atoms with van der Waals surface area (Å²) in [7, 11) is 1.40. The van der Waals surface area contributed by atoms with Gasteiger partial charge in [-0.1, -0.05) is 27.3 Å². The van der Waals surface area contributed by atoms with E-state index in [-0.39, 0.29) is 47.9 Å². The normalized spacial score (nSPS) is 15.5. The molecule has 212 valence electrons. The van der Waals surface area contributed by atoms with E-state index in [1.807, 2.05) is 20.8 Å². The van der Waals surface area contributed by atoms with E-state index in [9.17, 15) is 18.8 Å². The zero-order chi connectivity index (χ0) is 27.4. The second-order valence-electron chi connectivity index (χ2n) is 8.87. The van der Waals surface area contributed by atoms with Crippen LogP contribution < -0.4 is 20.3 Å². The minimum atomic E-state index is -0.515. The second-order valence-corrected chi connectivity index (χ2v) is 8.87. The Kier molecular flexibility index (Phi) is 9.71. The van der Waals surface area contributed by atoms with Crippen molar-refractivity contribution in [3.8, 4) is 11.5 Å². The number of carbonyl (C=O) groups excluding carboxylic acids is 2. The molecule has 0 atom stereocenters. The highest BCUT2D eigenvalue weighted by Crippen LogP contribution is 2.35. The molecule has 2 bridgehead atoms. The van der Waals surface area contributed by atoms with Crippen molar-refractivity contribution >= 4 is 22.7 Å². The van der Waals surface area contributed by atoms with Gasteiger partial charge in [0.05, 0.1) is 25.8 Å². The lowest BCUT2D eigenvalue weighted by Gasteiger charge is -2.27. The first-order chi connectivity index (χ1) is 18.4. The fraction of sp³-hybridized carbons (Fsp3) is 0.500. The average molecular weight is 544 g/mol. The summed E-state index contributed by atoms with van der Waals surface area (Å²) in [5.41, 5.74) is 0.583. The van der Waals surface area contributed by atoms with E-state index >= 15 is 0 Å². The van der Waals surface area contributed by atoms with E-state index in [1.165, 1.54) is 19.2 Å². The van der Waals surface area contributed by atoms with Crippen molar-refractivity contribution in [2.24, 2.45) is 0 Å². The molecule has 1 N–H and O–H groups in total. The zero-order valence-electron chi connectivity index (χ0n) is 22.3. The van der Waals surface area contributed by atoms with E-state index < -0.39 is 17.3 Å². The highest BCUT2D eigenvalue weighted by Gasteiger charge is 2.35. The quantitative estimate of drug-likeness (QED) is 0.527. The van der Waals surface area contributed by atoms with Gasteiger partial charge in [0.15, 0.2) is 17.1 Å². The summed E-state index contributed by atoms with van der Waals surface area (Å²) in [4.78, 5) is 42.0. The molecule has 2 aliphatic heterocycles. The van der Waals surface area contributed by atoms with Gasteiger partial charge in [-0.25, -0.2) is 9.07 Å². The number of fused-ring (bicyclic) bond motifs is 7. The van der Waals surface area contributed by atoms with Crippen molar-refractivity contribution in [2.45, 2.75) is 60.5 Å². The Hall–Kier alpha value is -3.89. The Morgan fingerprint density at radius 2 is 1.90 bits per heavy atom. The number of nitrogens with zero attached hydrogens (tertiary/aromatic N) is 4. The number of hydrogen-bond donors (Lipinski definition) is 1. The van der Waals surface area contributed by atoms with Crippen molar-refractivity contribution < 1.29 is 23.5 Å². The summed E-state index contributed by atoms with van der Waals surface area (Å²) < 4.78 is 28.2. The predicted octanol–water partition coefficient (Wildman–Crippen LogP) is 3.82. The number of carbonyl (C=O) groups is 2. The van der Waals surface area contributed by atoms with Crippen LogP contribution in [0.5, 0.6) is 11.5 Å². The van der Waals surface area contributed by atoms with E-state index in [4.69, 9.17) is 9.47 Å². The molecule has 2 aliphatic rings. The number of ether oxygens (including phenoxy) is 2. The highest BCUT2D eigenvalue weighted by atomic mass is 19.1. The number of nitrogens with one attached hydrogen (secondary N) is 1. The molecule has 0 aliphatic carbocycles. The maximum atomic E-state index is 14.0. The van der Waals surface area contributed by atoms with Crippen molar-refractivity contribution in [1.29, 1.82) is 0 Å². The van der Waals surface area contributed by atoms with Crippen LogP contribution in [0.25, 0.3) is 10.9 Å². The smallest absolute Gasteiger partial charge is 0.280 e. The summed E-state index contributed by atoms with van der Waals surface area (Å²) in [5.74, 6) is -0.709. The fourth-order valence-corrected chi connectivity index (χ4v) is 4.88. The van der Waals surface area contributed by atoms with Crippen LogP contribution in [0.15, 0.2) is 23.0 Å². The van der Waals surface area contributed by atoms with Crippen molar-refractivity contribution in [3.63, 3.8) is 0 Å². The molecule has 0 fully saturated rings. The Morgan fingerprint density at radius 3 is 2.62 bits per heavy atom. The Labute approximate surface area is 227 Å². The van der Waals surface area contributed by atoms with Crippen molar-refractivity contribution in [3.05, 3.63) is 51.3 Å². The number of halogens is 1. The van der Waals surface area contributed by atoms with Crippen LogP contribution in [0.4, 0.5) is 4.39 Å². The summed E-state index contributed by atoms with van der Waals surface area (Å²) in [5, 5.41) is 7.46. The van der Waals surface area contributed by atoms with Gasteiger partial charge in [-0.2, -0.15) is 5.10 Å². The van der Waals surface area contributed by atoms with Gasteiger partial charge < -0.3 is 24.3 Å². The minimum absolute atomic E-state index is 0. The van der Waals surface area contributed by atoms with E-state index in [0.717, 1.165) is 17.5 Å². The maximum Gasteiger partial charge on any atom is 0.280 e. The van der Waals surface area contributed by atoms with Crippen LogP contribution in [-0.4, -0.2) is 64.4 Å². The van der Waals surface area contributed by atoms with Crippen LogP contribution >= 0.6 is 0 Å². The number of methoxy groups -OCH3 is 1. The molecular formula is C28H38FN5O5. The SMILES string of the molecule is C.CC.CCN1CCn2c(c(OC)c3c(=O)n4nc(c32)C(=O)NCCCCCOc2cc(F)ccc2C4)C1=O. The standard InChI is InChI=1S/C25H28FN5O5.C2H6.CH4/c1-3-29-10-11-30-20-18(22(35-2)21(30)25(29)34)24(33)31-14-15-7-8-16(26)13-17(15)36-12-6-4-5-9-27-23(32)19(20)28-31;1-2;/h7-8,13H,3-6,9-12,14H2,1-2H3,(H,27,32);1-2H3;1H4. The van der Waals surface area contributed by atoms with Gasteiger partial charge in [0.2, 0.25) is 0 Å². The molecule has 2 aromatic heterocycles. The third-order valence-electron chi connectivity index (χ3n) is 6.71. The van der Waals surface area contributed by atoms with Gasteiger partial charge in [-0.05, 0) is 32.3 Å². The lowest BCUT2D eigenvalue weighted by molar-refractivity contribution is 0.0711. The van der Waals surface area contributed by atoms with E-state index in [2.05, 4.69) is 10.4 Å². The van der Waals surface area contributed by atoms with Crippen LogP contribution in [0.2, 0.25) is 0 Å². The summed E-state index contributed by atoms with van der Waals surface area (Å²) in [6.45, 7) is 7.97. The first-order valence-corrected chi connectivity index (χ1v) is 13.1. The molecule has 10 nitrogen and oxygen atoms in total. The van der Waals surface area contributed by atoms with Gasteiger partial charge >= 0.3 is 0 Å². The monoisotopic (exact) mass is 543 g/mol. The number of hydrogen-bond acceptors (Lipinski definition) is 6. The molecule has 0 unspecified atom stereocenters. The van der Waals surface area contributed by atoms with Crippen LogP contribution in [0.3, 0.4) is 0 Å². The molecule has 2 amide bonds. The fourth-order valence-electron chi connectivity index (χ4n) is 4.88. The minimum Gasteiger partial charge on any atom is -0.493 e. The first-order valence-electron chi connectivity index (χ1n) is 13.1. The lowest BCUT2D eigenvalue weighted by Crippen LogP contribution is -2.40. The number of amides is 2. The Bertz CT molecular complexity index is 1410. The van der Waals surface area contributed by atoms with Gasteiger partial charge in [0, 0.05) is 37.8 Å². The molecule has 5 rings (SSSR count). The van der Waals surface area contributed by atoms with Crippen LogP contribution in [0, 0.1) is 5.82 Å². The molecular weight excluding hydrogens is 505 g/mol. The van der Waals surface area contributed by atoms with E-state index in [0.29, 0.717) is 50.5 Å². The summed E-state index contributed by atoms with van der Waals surface area (Å²) in [6.07, 6.45) is 2.26. The predicted molar refractivity (Wildman–Crippen MR) is 147 cm³/mol. The summed E-state index contributed by atoms with van der Waals surface area (Å²) >= 11 is 0. The molecule has 0 saturated carbocycles. The van der Waals surface area contributed by atoms with Crippen molar-refractivity contribution in [1.82, 2.24) is 24.6 Å². The Balaban J connectivity index is 0.00000137. The Morgan fingerprint density at radius 1 is 1.13 bits per heavy atom. The largest absolute Gasteiger partial charge is 0.493 e. The van der Waals surface area contributed by atoms with Crippen LogP contribution in [-0.2, 0) is 13.1 Å². The molecule has 0 radical (unpaired) electrons. The number of aromatic nitrogens is 3. The number of likely N-dealkylation sites (N-methyl/N-ethyl adjacent to an activating group) is 1. The molecule has 39 heavy (non-hydrogen) atoms. The second kappa shape index (κ2) is 12.8. The number of benzene rings is 1. The third-order valence-corrected chi connectivity index (χ3v) is 6.71. The molecule has 11 heteroatoms. The zero-order valence-corrected chi connectivity index (χ0v) is 22.3. The van der Waals surface area contributed by atoms with E-state index in [1.54, 1.807) is 15.5 Å². The topological polar surface area (TPSA) is 108 Å². The van der Waals surface area contributed by atoms with Crippen molar-refractivity contribution in [2.75, 3.05) is 33.4 Å². The molecule has 0 saturated heterocycles. The highest BCUT2D eigenvalue weighted by molar-refractivity contribution is 6.10. The third kappa shape index (κ3) is 5.48. The molecule has 1 aromatic carbocycles.